The van der Waals surface area contributed by atoms with E-state index in [2.05, 4.69) is 48.1 Å². The van der Waals surface area contributed by atoms with Gasteiger partial charge in [-0.25, -0.2) is 0 Å². The summed E-state index contributed by atoms with van der Waals surface area (Å²) < 4.78 is 1.86. The van der Waals surface area contributed by atoms with Crippen LogP contribution in [0.25, 0.3) is 0 Å². The maximum Gasteiger partial charge on any atom is 0.107 e. The average Bonchev–Trinajstić information content (AvgIpc) is 2.55. The first-order valence-corrected chi connectivity index (χ1v) is 7.77. The minimum absolute atomic E-state index is 0.429. The van der Waals surface area contributed by atoms with Crippen LogP contribution in [-0.2, 0) is 0 Å². The first-order chi connectivity index (χ1) is 7.60. The number of nitrogens with one attached hydrogen (secondary N) is 1. The van der Waals surface area contributed by atoms with Crippen molar-refractivity contribution in [3.8, 4) is 0 Å². The Balaban J connectivity index is 2.83. The van der Waals surface area contributed by atoms with Crippen molar-refractivity contribution in [1.29, 1.82) is 0 Å². The lowest BCUT2D eigenvalue weighted by molar-refractivity contribution is 0.374. The van der Waals surface area contributed by atoms with E-state index in [9.17, 15) is 0 Å². The molecule has 0 radical (unpaired) electrons. The molecule has 0 saturated heterocycles. The third-order valence-electron chi connectivity index (χ3n) is 2.71. The maximum absolute atomic E-state index is 6.10. The van der Waals surface area contributed by atoms with Crippen molar-refractivity contribution in [1.82, 2.24) is 5.32 Å². The summed E-state index contributed by atoms with van der Waals surface area (Å²) in [6, 6.07) is 2.57. The van der Waals surface area contributed by atoms with Gasteiger partial charge < -0.3 is 5.32 Å². The van der Waals surface area contributed by atoms with Gasteiger partial charge >= 0.3 is 0 Å². The molecule has 0 aliphatic heterocycles. The molecule has 2 unspecified atom stereocenters. The number of hydrogen-bond donors (Lipinski definition) is 1. The van der Waals surface area contributed by atoms with Gasteiger partial charge in [-0.3, -0.25) is 0 Å². The zero-order valence-electron chi connectivity index (χ0n) is 10.0. The zero-order chi connectivity index (χ0) is 12.1. The summed E-state index contributed by atoms with van der Waals surface area (Å²) in [6.45, 7) is 7.68. The fourth-order valence-electron chi connectivity index (χ4n) is 1.94. The zero-order valence-corrected chi connectivity index (χ0v) is 13.2. The van der Waals surface area contributed by atoms with Gasteiger partial charge in [-0.15, -0.1) is 11.3 Å². The predicted molar refractivity (Wildman–Crippen MR) is 77.5 cm³/mol. The molecule has 0 fully saturated rings. The SMILES string of the molecule is CCCC(C)C(NCC)c1cc(Br)c(Cl)s1. The van der Waals surface area contributed by atoms with Crippen molar-refractivity contribution in [2.24, 2.45) is 5.92 Å². The summed E-state index contributed by atoms with van der Waals surface area (Å²) in [5.41, 5.74) is 0. The highest BCUT2D eigenvalue weighted by atomic mass is 79.9. The highest BCUT2D eigenvalue weighted by Crippen LogP contribution is 2.38. The fraction of sp³-hybridized carbons (Fsp3) is 0.667. The Morgan fingerprint density at radius 3 is 2.62 bits per heavy atom. The van der Waals surface area contributed by atoms with E-state index in [1.165, 1.54) is 17.7 Å². The minimum atomic E-state index is 0.429. The van der Waals surface area contributed by atoms with Crippen LogP contribution in [0.5, 0.6) is 0 Å². The van der Waals surface area contributed by atoms with Gasteiger partial charge in [0.1, 0.15) is 4.34 Å². The predicted octanol–water partition coefficient (Wildman–Crippen LogP) is 5.25. The van der Waals surface area contributed by atoms with Crippen LogP contribution in [0.15, 0.2) is 10.5 Å². The van der Waals surface area contributed by atoms with Crippen LogP contribution in [0.1, 0.15) is 44.5 Å². The van der Waals surface area contributed by atoms with Gasteiger partial charge in [0.05, 0.1) is 0 Å². The van der Waals surface area contributed by atoms with E-state index >= 15 is 0 Å². The molecule has 0 saturated carbocycles. The molecule has 92 valence electrons. The largest absolute Gasteiger partial charge is 0.309 e. The lowest BCUT2D eigenvalue weighted by atomic mass is 9.95. The van der Waals surface area contributed by atoms with Crippen molar-refractivity contribution in [2.75, 3.05) is 6.54 Å². The average molecular weight is 325 g/mol. The van der Waals surface area contributed by atoms with Crippen molar-refractivity contribution in [3.63, 3.8) is 0 Å². The Hall–Kier alpha value is 0.430. The van der Waals surface area contributed by atoms with Crippen LogP contribution in [0.3, 0.4) is 0 Å². The molecule has 0 aromatic carbocycles. The Bertz CT molecular complexity index is 307. The van der Waals surface area contributed by atoms with E-state index < -0.39 is 0 Å². The third-order valence-corrected chi connectivity index (χ3v) is 5.27. The molecule has 0 bridgehead atoms. The van der Waals surface area contributed by atoms with Crippen molar-refractivity contribution in [2.45, 2.75) is 39.7 Å². The summed E-state index contributed by atoms with van der Waals surface area (Å²) >= 11 is 11.2. The van der Waals surface area contributed by atoms with Crippen LogP contribution in [0.4, 0.5) is 0 Å². The summed E-state index contributed by atoms with van der Waals surface area (Å²) in [5.74, 6) is 0.645. The Kier molecular flexibility index (Phi) is 6.34. The molecule has 2 atom stereocenters. The highest BCUT2D eigenvalue weighted by molar-refractivity contribution is 9.10. The third kappa shape index (κ3) is 3.73. The van der Waals surface area contributed by atoms with Gasteiger partial charge in [-0.1, -0.05) is 38.8 Å². The quantitative estimate of drug-likeness (QED) is 0.753. The first-order valence-electron chi connectivity index (χ1n) is 5.78. The van der Waals surface area contributed by atoms with Crippen molar-refractivity contribution in [3.05, 3.63) is 19.8 Å². The van der Waals surface area contributed by atoms with E-state index in [4.69, 9.17) is 11.6 Å². The molecular formula is C12H19BrClNS. The molecule has 0 aliphatic rings. The molecule has 1 heterocycles. The molecule has 1 N–H and O–H groups in total. The number of hydrogen-bond acceptors (Lipinski definition) is 2. The van der Waals surface area contributed by atoms with Crippen LogP contribution in [-0.4, -0.2) is 6.54 Å². The van der Waals surface area contributed by atoms with Gasteiger partial charge in [0.25, 0.3) is 0 Å². The summed E-state index contributed by atoms with van der Waals surface area (Å²) in [6.07, 6.45) is 2.47. The van der Waals surface area contributed by atoms with Crippen molar-refractivity contribution >= 4 is 38.9 Å². The molecule has 1 rings (SSSR count). The smallest absolute Gasteiger partial charge is 0.107 e. The molecule has 4 heteroatoms. The van der Waals surface area contributed by atoms with Gasteiger partial charge in [0, 0.05) is 15.4 Å². The second-order valence-corrected chi connectivity index (χ2v) is 6.61. The monoisotopic (exact) mass is 323 g/mol. The lowest BCUT2D eigenvalue weighted by Crippen LogP contribution is -2.26. The summed E-state index contributed by atoms with van der Waals surface area (Å²) in [5, 5.41) is 3.55. The maximum atomic E-state index is 6.10. The number of rotatable bonds is 6. The molecule has 0 spiro atoms. The first kappa shape index (κ1) is 14.5. The van der Waals surface area contributed by atoms with Gasteiger partial charge in [0.2, 0.25) is 0 Å². The van der Waals surface area contributed by atoms with E-state index in [1.807, 2.05) is 0 Å². The van der Waals surface area contributed by atoms with Crippen LogP contribution >= 0.6 is 38.9 Å². The van der Waals surface area contributed by atoms with Gasteiger partial charge in [-0.05, 0) is 40.9 Å². The van der Waals surface area contributed by atoms with Gasteiger partial charge in [0.15, 0.2) is 0 Å². The molecule has 1 aromatic heterocycles. The topological polar surface area (TPSA) is 12.0 Å². The highest BCUT2D eigenvalue weighted by Gasteiger charge is 2.20. The Morgan fingerprint density at radius 2 is 2.19 bits per heavy atom. The molecule has 16 heavy (non-hydrogen) atoms. The van der Waals surface area contributed by atoms with Crippen molar-refractivity contribution < 1.29 is 0 Å². The summed E-state index contributed by atoms with van der Waals surface area (Å²) in [7, 11) is 0. The Labute approximate surface area is 116 Å². The van der Waals surface area contributed by atoms with Crippen LogP contribution in [0, 0.1) is 5.92 Å². The second kappa shape index (κ2) is 7.00. The van der Waals surface area contributed by atoms with E-state index in [0.29, 0.717) is 12.0 Å². The van der Waals surface area contributed by atoms with E-state index in [1.54, 1.807) is 11.3 Å². The van der Waals surface area contributed by atoms with E-state index in [-0.39, 0.29) is 0 Å². The molecule has 0 amide bonds. The fourth-order valence-corrected chi connectivity index (χ4v) is 3.89. The number of thiophene rings is 1. The van der Waals surface area contributed by atoms with E-state index in [0.717, 1.165) is 15.4 Å². The van der Waals surface area contributed by atoms with Crippen LogP contribution < -0.4 is 5.32 Å². The lowest BCUT2D eigenvalue weighted by Gasteiger charge is -2.23. The number of halogens is 2. The minimum Gasteiger partial charge on any atom is -0.309 e. The van der Waals surface area contributed by atoms with Crippen LogP contribution in [0.2, 0.25) is 4.34 Å². The molecule has 1 nitrogen and oxygen atoms in total. The molecule has 1 aromatic rings. The molecular weight excluding hydrogens is 306 g/mol. The summed E-state index contributed by atoms with van der Waals surface area (Å²) in [4.78, 5) is 1.33. The Morgan fingerprint density at radius 1 is 1.50 bits per heavy atom. The standard InChI is InChI=1S/C12H19BrClNS/c1-4-6-8(3)11(15-5-2)10-7-9(13)12(14)16-10/h7-8,11,15H,4-6H2,1-3H3. The second-order valence-electron chi connectivity index (χ2n) is 4.07. The normalized spacial score (nSPS) is 15.1. The molecule has 0 aliphatic carbocycles. The van der Waals surface area contributed by atoms with Gasteiger partial charge in [-0.2, -0.15) is 0 Å².